The normalized spacial score (nSPS) is 21.8. The highest BCUT2D eigenvalue weighted by Gasteiger charge is 2.33. The Morgan fingerprint density at radius 3 is 2.60 bits per heavy atom. The van der Waals surface area contributed by atoms with E-state index in [1.54, 1.807) is 0 Å². The van der Waals surface area contributed by atoms with Crippen LogP contribution in [-0.2, 0) is 16.1 Å². The van der Waals surface area contributed by atoms with E-state index in [0.717, 1.165) is 35.3 Å². The highest BCUT2D eigenvalue weighted by atomic mass is 16.5. The minimum Gasteiger partial charge on any atom is -0.461 e. The molecule has 158 valence electrons. The first kappa shape index (κ1) is 20.6. The van der Waals surface area contributed by atoms with Gasteiger partial charge in [0.1, 0.15) is 18.5 Å². The Bertz CT molecular complexity index is 1020. The lowest BCUT2D eigenvalue weighted by atomic mass is 9.75. The molecule has 4 nitrogen and oxygen atoms in total. The summed E-state index contributed by atoms with van der Waals surface area (Å²) in [7, 11) is 0. The van der Waals surface area contributed by atoms with Gasteiger partial charge in [0.15, 0.2) is 0 Å². The average molecular weight is 405 g/mol. The van der Waals surface area contributed by atoms with E-state index in [0.29, 0.717) is 17.8 Å². The molecule has 0 aliphatic heterocycles. The van der Waals surface area contributed by atoms with Gasteiger partial charge in [0.25, 0.3) is 0 Å². The van der Waals surface area contributed by atoms with Gasteiger partial charge in [-0.05, 0) is 49.7 Å². The topological polar surface area (TPSA) is 44.1 Å². The van der Waals surface area contributed by atoms with Gasteiger partial charge in [-0.25, -0.2) is 4.98 Å². The maximum atomic E-state index is 13.1. The van der Waals surface area contributed by atoms with Crippen LogP contribution in [-0.4, -0.2) is 21.6 Å². The SMILES string of the molecule is Cc1ccc(-c2nc3ccccc3n2CC(=O)OC2C[C@H](C)CC[C@H]2C(C)C)cc1. The predicted octanol–water partition coefficient (Wildman–Crippen LogP) is 6.02. The maximum Gasteiger partial charge on any atom is 0.326 e. The van der Waals surface area contributed by atoms with Gasteiger partial charge in [-0.1, -0.05) is 69.2 Å². The van der Waals surface area contributed by atoms with Gasteiger partial charge >= 0.3 is 5.97 Å². The molecule has 0 amide bonds. The first-order valence-corrected chi connectivity index (χ1v) is 11.1. The number of ether oxygens (including phenoxy) is 1. The van der Waals surface area contributed by atoms with Crippen LogP contribution in [0.5, 0.6) is 0 Å². The maximum absolute atomic E-state index is 13.1. The molecular formula is C26H32N2O2. The number of aryl methyl sites for hydroxylation is 1. The molecule has 0 spiro atoms. The Kier molecular flexibility index (Phi) is 5.94. The third-order valence-electron chi connectivity index (χ3n) is 6.50. The second kappa shape index (κ2) is 8.63. The molecule has 0 N–H and O–H groups in total. The van der Waals surface area contributed by atoms with Crippen molar-refractivity contribution in [3.05, 3.63) is 54.1 Å². The first-order chi connectivity index (χ1) is 14.4. The molecule has 4 rings (SSSR count). The molecule has 1 heterocycles. The van der Waals surface area contributed by atoms with Crippen molar-refractivity contribution < 1.29 is 9.53 Å². The average Bonchev–Trinajstić information content (AvgIpc) is 3.07. The number of esters is 1. The molecule has 3 aromatic rings. The lowest BCUT2D eigenvalue weighted by Gasteiger charge is -2.36. The fourth-order valence-electron chi connectivity index (χ4n) is 4.74. The number of hydrogen-bond acceptors (Lipinski definition) is 3. The highest BCUT2D eigenvalue weighted by molar-refractivity contribution is 5.83. The summed E-state index contributed by atoms with van der Waals surface area (Å²) in [5, 5.41) is 0. The van der Waals surface area contributed by atoms with Gasteiger partial charge in [0, 0.05) is 5.56 Å². The zero-order valence-electron chi connectivity index (χ0n) is 18.5. The number of carbonyl (C=O) groups excluding carboxylic acids is 1. The van der Waals surface area contributed by atoms with Crippen LogP contribution in [0.2, 0.25) is 0 Å². The number of nitrogens with zero attached hydrogens (tertiary/aromatic N) is 2. The molecule has 1 aromatic heterocycles. The molecule has 1 saturated carbocycles. The van der Waals surface area contributed by atoms with Crippen molar-refractivity contribution in [2.75, 3.05) is 0 Å². The molecule has 1 unspecified atom stereocenters. The van der Waals surface area contributed by atoms with Crippen molar-refractivity contribution >= 4 is 17.0 Å². The predicted molar refractivity (Wildman–Crippen MR) is 121 cm³/mol. The summed E-state index contributed by atoms with van der Waals surface area (Å²) in [6.07, 6.45) is 3.34. The van der Waals surface area contributed by atoms with Crippen molar-refractivity contribution in [2.24, 2.45) is 17.8 Å². The number of fused-ring (bicyclic) bond motifs is 1. The Hall–Kier alpha value is -2.62. The van der Waals surface area contributed by atoms with Crippen LogP contribution in [0, 0.1) is 24.7 Å². The van der Waals surface area contributed by atoms with E-state index in [1.807, 2.05) is 28.8 Å². The minimum absolute atomic E-state index is 0.0128. The van der Waals surface area contributed by atoms with Gasteiger partial charge < -0.3 is 9.30 Å². The second-order valence-corrected chi connectivity index (χ2v) is 9.23. The van der Waals surface area contributed by atoms with Crippen molar-refractivity contribution in [1.82, 2.24) is 9.55 Å². The second-order valence-electron chi connectivity index (χ2n) is 9.23. The summed E-state index contributed by atoms with van der Waals surface area (Å²) >= 11 is 0. The molecule has 1 aliphatic carbocycles. The van der Waals surface area contributed by atoms with Gasteiger partial charge in [-0.3, -0.25) is 4.79 Å². The zero-order chi connectivity index (χ0) is 21.3. The number of carbonyl (C=O) groups is 1. The van der Waals surface area contributed by atoms with E-state index in [2.05, 4.69) is 52.0 Å². The van der Waals surface area contributed by atoms with E-state index in [9.17, 15) is 4.79 Å². The van der Waals surface area contributed by atoms with Crippen LogP contribution in [0.3, 0.4) is 0 Å². The summed E-state index contributed by atoms with van der Waals surface area (Å²) in [5.41, 5.74) is 4.07. The van der Waals surface area contributed by atoms with Crippen LogP contribution >= 0.6 is 0 Å². The molecule has 4 heteroatoms. The molecule has 0 saturated heterocycles. The summed E-state index contributed by atoms with van der Waals surface area (Å²) in [6, 6.07) is 16.3. The van der Waals surface area contributed by atoms with Gasteiger partial charge in [0.05, 0.1) is 11.0 Å². The van der Waals surface area contributed by atoms with Crippen molar-refractivity contribution in [3.63, 3.8) is 0 Å². The zero-order valence-corrected chi connectivity index (χ0v) is 18.5. The third-order valence-corrected chi connectivity index (χ3v) is 6.50. The smallest absolute Gasteiger partial charge is 0.326 e. The summed E-state index contributed by atoms with van der Waals surface area (Å²) in [5.74, 6) is 2.21. The highest BCUT2D eigenvalue weighted by Crippen LogP contribution is 2.35. The van der Waals surface area contributed by atoms with Crippen molar-refractivity contribution in [1.29, 1.82) is 0 Å². The fourth-order valence-corrected chi connectivity index (χ4v) is 4.74. The molecular weight excluding hydrogens is 372 g/mol. The number of hydrogen-bond donors (Lipinski definition) is 0. The van der Waals surface area contributed by atoms with E-state index in [1.165, 1.54) is 12.0 Å². The minimum atomic E-state index is -0.170. The van der Waals surface area contributed by atoms with Crippen LogP contribution in [0.4, 0.5) is 0 Å². The summed E-state index contributed by atoms with van der Waals surface area (Å²) in [6.45, 7) is 8.98. The largest absolute Gasteiger partial charge is 0.461 e. The lowest BCUT2D eigenvalue weighted by molar-refractivity contribution is -0.156. The molecule has 30 heavy (non-hydrogen) atoms. The van der Waals surface area contributed by atoms with Crippen LogP contribution in [0.15, 0.2) is 48.5 Å². The van der Waals surface area contributed by atoms with Crippen LogP contribution in [0.25, 0.3) is 22.4 Å². The Labute approximate surface area is 179 Å². The van der Waals surface area contributed by atoms with Crippen LogP contribution < -0.4 is 0 Å². The Balaban J connectivity index is 1.62. The summed E-state index contributed by atoms with van der Waals surface area (Å²) < 4.78 is 8.08. The molecule has 0 radical (unpaired) electrons. The van der Waals surface area contributed by atoms with Gasteiger partial charge in [0.2, 0.25) is 0 Å². The van der Waals surface area contributed by atoms with Gasteiger partial charge in [-0.15, -0.1) is 0 Å². The van der Waals surface area contributed by atoms with E-state index >= 15 is 0 Å². The quantitative estimate of drug-likeness (QED) is 0.489. The van der Waals surface area contributed by atoms with E-state index in [-0.39, 0.29) is 18.6 Å². The van der Waals surface area contributed by atoms with Crippen LogP contribution in [0.1, 0.15) is 45.6 Å². The van der Waals surface area contributed by atoms with E-state index < -0.39 is 0 Å². The summed E-state index contributed by atoms with van der Waals surface area (Å²) in [4.78, 5) is 17.9. The molecule has 2 aromatic carbocycles. The third kappa shape index (κ3) is 4.28. The van der Waals surface area contributed by atoms with Crippen molar-refractivity contribution in [2.45, 2.75) is 59.6 Å². The molecule has 1 aliphatic rings. The molecule has 1 fully saturated rings. The standard InChI is InChI=1S/C26H32N2O2/c1-17(2)21-14-11-19(4)15-24(21)30-25(29)16-28-23-8-6-5-7-22(23)27-26(28)20-12-9-18(3)10-13-20/h5-10,12-13,17,19,21,24H,11,14-16H2,1-4H3/t19-,21+,24?/m1/s1. The lowest BCUT2D eigenvalue weighted by Crippen LogP contribution is -2.36. The molecule has 0 bridgehead atoms. The monoisotopic (exact) mass is 404 g/mol. The number of imidazole rings is 1. The number of para-hydroxylation sites is 2. The fraction of sp³-hybridized carbons (Fsp3) is 0.462. The Morgan fingerprint density at radius 1 is 1.13 bits per heavy atom. The van der Waals surface area contributed by atoms with Crippen molar-refractivity contribution in [3.8, 4) is 11.4 Å². The number of benzene rings is 2. The van der Waals surface area contributed by atoms with E-state index in [4.69, 9.17) is 9.72 Å². The Morgan fingerprint density at radius 2 is 1.87 bits per heavy atom. The number of rotatable bonds is 5. The molecule has 3 atom stereocenters. The number of aromatic nitrogens is 2. The van der Waals surface area contributed by atoms with Gasteiger partial charge in [-0.2, -0.15) is 0 Å². The first-order valence-electron chi connectivity index (χ1n) is 11.1.